The summed E-state index contributed by atoms with van der Waals surface area (Å²) < 4.78 is 0. The number of hydroxylamine groups is 4. The summed E-state index contributed by atoms with van der Waals surface area (Å²) in [6, 6.07) is -0.235. The normalized spacial score (nSPS) is 30.0. The van der Waals surface area contributed by atoms with Crippen LogP contribution in [0, 0.1) is 10.4 Å². The second kappa shape index (κ2) is 2.90. The van der Waals surface area contributed by atoms with Gasteiger partial charge in [0.2, 0.25) is 0 Å². The molecule has 1 atom stereocenters. The molecule has 0 radical (unpaired) electrons. The third-order valence-corrected chi connectivity index (χ3v) is 2.26. The van der Waals surface area contributed by atoms with E-state index in [-0.39, 0.29) is 6.04 Å². The van der Waals surface area contributed by atoms with Crippen molar-refractivity contribution >= 4 is 0 Å². The van der Waals surface area contributed by atoms with Gasteiger partial charge < -0.3 is 20.5 Å². The number of fused-ring (bicyclic) bond motifs is 1. The molecule has 4 heteroatoms. The molecular formula is C8H10N2O2-2. The fourth-order valence-corrected chi connectivity index (χ4v) is 1.59. The Bertz CT molecular complexity index is 237. The topological polar surface area (TPSA) is 52.6 Å². The van der Waals surface area contributed by atoms with Crippen molar-refractivity contribution in [1.82, 2.24) is 10.1 Å². The third kappa shape index (κ3) is 1.14. The average molecular weight is 166 g/mol. The number of allylic oxidation sites excluding steroid dienone is 2. The minimum atomic E-state index is -0.235. The van der Waals surface area contributed by atoms with Crippen LogP contribution in [0.25, 0.3) is 0 Å². The SMILES string of the molecule is [O-]N1CCN([O-])C2CC=CC=C21. The van der Waals surface area contributed by atoms with Gasteiger partial charge in [-0.2, -0.15) is 0 Å². The van der Waals surface area contributed by atoms with Gasteiger partial charge >= 0.3 is 0 Å². The molecule has 2 rings (SSSR count). The van der Waals surface area contributed by atoms with E-state index in [1.807, 2.05) is 12.2 Å². The van der Waals surface area contributed by atoms with Crippen LogP contribution in [-0.2, 0) is 0 Å². The highest BCUT2D eigenvalue weighted by atomic mass is 16.5. The maximum Gasteiger partial charge on any atom is 0.0410 e. The van der Waals surface area contributed by atoms with Crippen molar-refractivity contribution < 1.29 is 0 Å². The molecule has 1 aliphatic carbocycles. The Morgan fingerprint density at radius 3 is 2.92 bits per heavy atom. The molecule has 2 aliphatic rings. The molecule has 0 spiro atoms. The smallest absolute Gasteiger partial charge is 0.0410 e. The summed E-state index contributed by atoms with van der Waals surface area (Å²) in [6.07, 6.45) is 6.13. The molecule has 1 unspecified atom stereocenters. The molecule has 0 aromatic rings. The molecule has 1 saturated heterocycles. The van der Waals surface area contributed by atoms with Crippen LogP contribution < -0.4 is 0 Å². The second-order valence-corrected chi connectivity index (χ2v) is 3.01. The van der Waals surface area contributed by atoms with Crippen LogP contribution in [0.3, 0.4) is 0 Å². The Labute approximate surface area is 70.9 Å². The van der Waals surface area contributed by atoms with E-state index in [9.17, 15) is 10.4 Å². The van der Waals surface area contributed by atoms with Gasteiger partial charge in [0.15, 0.2) is 0 Å². The maximum absolute atomic E-state index is 11.3. The number of nitrogens with zero attached hydrogens (tertiary/aromatic N) is 2. The summed E-state index contributed by atoms with van der Waals surface area (Å²) in [5.41, 5.74) is 0.610. The zero-order valence-electron chi connectivity index (χ0n) is 6.64. The molecule has 0 N–H and O–H groups in total. The first-order chi connectivity index (χ1) is 5.79. The van der Waals surface area contributed by atoms with Gasteiger partial charge in [-0.15, -0.1) is 0 Å². The lowest BCUT2D eigenvalue weighted by atomic mass is 10.0. The standard InChI is InChI=1S/C8H10N2O2/c11-9-5-6-10(12)8-4-2-1-3-7(8)9/h1-3,8H,4-6H2/q-2. The van der Waals surface area contributed by atoms with Crippen LogP contribution in [0.5, 0.6) is 0 Å². The highest BCUT2D eigenvalue weighted by Crippen LogP contribution is 2.24. The van der Waals surface area contributed by atoms with E-state index in [1.54, 1.807) is 6.08 Å². The van der Waals surface area contributed by atoms with Crippen LogP contribution in [-0.4, -0.2) is 29.3 Å². The Balaban J connectivity index is 2.23. The van der Waals surface area contributed by atoms with E-state index in [2.05, 4.69) is 0 Å². The first-order valence-electron chi connectivity index (χ1n) is 4.04. The van der Waals surface area contributed by atoms with E-state index < -0.39 is 0 Å². The van der Waals surface area contributed by atoms with Crippen molar-refractivity contribution in [2.45, 2.75) is 12.5 Å². The van der Waals surface area contributed by atoms with E-state index in [0.717, 1.165) is 10.1 Å². The van der Waals surface area contributed by atoms with Crippen LogP contribution >= 0.6 is 0 Å². The molecule has 12 heavy (non-hydrogen) atoms. The van der Waals surface area contributed by atoms with Crippen LogP contribution in [0.15, 0.2) is 23.9 Å². The van der Waals surface area contributed by atoms with Crippen molar-refractivity contribution in [1.29, 1.82) is 0 Å². The summed E-state index contributed by atoms with van der Waals surface area (Å²) in [4.78, 5) is 0. The minimum absolute atomic E-state index is 0.235. The highest BCUT2D eigenvalue weighted by molar-refractivity contribution is 5.25. The number of hydrogen-bond donors (Lipinski definition) is 0. The zero-order valence-corrected chi connectivity index (χ0v) is 6.64. The van der Waals surface area contributed by atoms with Gasteiger partial charge in [-0.05, 0) is 12.5 Å². The fraction of sp³-hybridized carbons (Fsp3) is 0.500. The Hall–Kier alpha value is -0.840. The van der Waals surface area contributed by atoms with E-state index in [1.165, 1.54) is 0 Å². The van der Waals surface area contributed by atoms with Crippen molar-refractivity contribution in [3.63, 3.8) is 0 Å². The van der Waals surface area contributed by atoms with Gasteiger partial charge in [-0.1, -0.05) is 12.2 Å². The molecular weight excluding hydrogens is 156 g/mol. The van der Waals surface area contributed by atoms with Crippen molar-refractivity contribution in [3.05, 3.63) is 34.3 Å². The third-order valence-electron chi connectivity index (χ3n) is 2.26. The molecule has 66 valence electrons. The first-order valence-corrected chi connectivity index (χ1v) is 4.04. The lowest BCUT2D eigenvalue weighted by Crippen LogP contribution is -2.46. The van der Waals surface area contributed by atoms with E-state index >= 15 is 0 Å². The van der Waals surface area contributed by atoms with E-state index in [0.29, 0.717) is 25.2 Å². The van der Waals surface area contributed by atoms with Crippen molar-refractivity contribution in [2.24, 2.45) is 0 Å². The quantitative estimate of drug-likeness (QED) is 0.534. The summed E-state index contributed by atoms with van der Waals surface area (Å²) in [7, 11) is 0. The molecule has 4 nitrogen and oxygen atoms in total. The van der Waals surface area contributed by atoms with Gasteiger partial charge in [0.05, 0.1) is 0 Å². The molecule has 0 aromatic heterocycles. The van der Waals surface area contributed by atoms with Gasteiger partial charge in [-0.25, -0.2) is 0 Å². The predicted molar refractivity (Wildman–Crippen MR) is 45.8 cm³/mol. The number of rotatable bonds is 0. The molecule has 0 aromatic carbocycles. The lowest BCUT2D eigenvalue weighted by molar-refractivity contribution is 0.199. The predicted octanol–water partition coefficient (Wildman–Crippen LogP) is 0.812. The van der Waals surface area contributed by atoms with Crippen LogP contribution in [0.1, 0.15) is 6.42 Å². The Morgan fingerprint density at radius 1 is 1.33 bits per heavy atom. The second-order valence-electron chi connectivity index (χ2n) is 3.01. The van der Waals surface area contributed by atoms with Crippen molar-refractivity contribution in [2.75, 3.05) is 13.1 Å². The minimum Gasteiger partial charge on any atom is -0.785 e. The Kier molecular flexibility index (Phi) is 1.88. The molecule has 0 saturated carbocycles. The zero-order chi connectivity index (χ0) is 8.55. The molecule has 1 heterocycles. The summed E-state index contributed by atoms with van der Waals surface area (Å²) in [5, 5.41) is 24.4. The van der Waals surface area contributed by atoms with Crippen LogP contribution in [0.4, 0.5) is 0 Å². The molecule has 1 fully saturated rings. The van der Waals surface area contributed by atoms with Gasteiger partial charge in [0, 0.05) is 24.8 Å². The summed E-state index contributed by atoms with van der Waals surface area (Å²) in [6.45, 7) is 0.610. The summed E-state index contributed by atoms with van der Waals surface area (Å²) >= 11 is 0. The van der Waals surface area contributed by atoms with Gasteiger partial charge in [0.25, 0.3) is 0 Å². The van der Waals surface area contributed by atoms with Crippen molar-refractivity contribution in [3.8, 4) is 0 Å². The highest BCUT2D eigenvalue weighted by Gasteiger charge is 2.21. The fourth-order valence-electron chi connectivity index (χ4n) is 1.59. The molecule has 0 bridgehead atoms. The maximum atomic E-state index is 11.3. The monoisotopic (exact) mass is 166 g/mol. The van der Waals surface area contributed by atoms with Gasteiger partial charge in [0.1, 0.15) is 0 Å². The first kappa shape index (κ1) is 7.79. The molecule has 1 aliphatic heterocycles. The van der Waals surface area contributed by atoms with Gasteiger partial charge in [-0.3, -0.25) is 0 Å². The largest absolute Gasteiger partial charge is 0.785 e. The number of hydrogen-bond acceptors (Lipinski definition) is 4. The average Bonchev–Trinajstić information content (AvgIpc) is 2.12. The molecule has 0 amide bonds. The lowest BCUT2D eigenvalue weighted by Gasteiger charge is -2.51. The summed E-state index contributed by atoms with van der Waals surface area (Å²) in [5.74, 6) is 0. The van der Waals surface area contributed by atoms with E-state index in [4.69, 9.17) is 0 Å². The van der Waals surface area contributed by atoms with Crippen LogP contribution in [0.2, 0.25) is 0 Å². The Morgan fingerprint density at radius 2 is 2.17 bits per heavy atom. The number of piperazine rings is 1.